The molecular weight excluding hydrogens is 407 g/mol. The molecule has 2 rings (SSSR count). The molecule has 0 atom stereocenters. The predicted molar refractivity (Wildman–Crippen MR) is 116 cm³/mol. The molecule has 0 heterocycles. The van der Waals surface area contributed by atoms with Crippen LogP contribution >= 0.6 is 0 Å². The van der Waals surface area contributed by atoms with Gasteiger partial charge in [0.15, 0.2) is 0 Å². The van der Waals surface area contributed by atoms with Gasteiger partial charge in [0.25, 0.3) is 0 Å². The molecule has 0 aliphatic heterocycles. The van der Waals surface area contributed by atoms with Gasteiger partial charge < -0.3 is 9.29 Å². The Kier molecular flexibility index (Phi) is 13.6. The summed E-state index contributed by atoms with van der Waals surface area (Å²) in [6.45, 7) is 2.26. The monoisotopic (exact) mass is 440 g/mol. The van der Waals surface area contributed by atoms with E-state index in [4.69, 9.17) is 4.74 Å². The molecule has 0 N–H and O–H groups in total. The Bertz CT molecular complexity index is 802. The van der Waals surface area contributed by atoms with Gasteiger partial charge in [-0.2, -0.15) is 0 Å². The third-order valence-corrected chi connectivity index (χ3v) is 5.94. The molecule has 0 fully saturated rings. The first-order valence-electron chi connectivity index (χ1n) is 10.8. The number of aryl methyl sites for hydroxylation is 1. The van der Waals surface area contributed by atoms with Crippen molar-refractivity contribution in [2.24, 2.45) is 0 Å². The van der Waals surface area contributed by atoms with Crippen LogP contribution in [0.5, 0.6) is 11.5 Å². The van der Waals surface area contributed by atoms with Crippen molar-refractivity contribution in [2.45, 2.75) is 82.4 Å². The summed E-state index contributed by atoms with van der Waals surface area (Å²) in [7, 11) is -4.43. The van der Waals surface area contributed by atoms with Crippen molar-refractivity contribution in [3.63, 3.8) is 0 Å². The molecular formula is C24H33NaO4S. The summed E-state index contributed by atoms with van der Waals surface area (Å²) in [5.41, 5.74) is 1.30. The van der Waals surface area contributed by atoms with Crippen LogP contribution in [-0.4, -0.2) is 13.0 Å². The predicted octanol–water partition coefficient (Wildman–Crippen LogP) is 3.85. The van der Waals surface area contributed by atoms with Crippen LogP contribution in [0.1, 0.15) is 76.7 Å². The van der Waals surface area contributed by atoms with Gasteiger partial charge in [-0.3, -0.25) is 0 Å². The molecule has 0 aliphatic carbocycles. The molecule has 2 aromatic rings. The molecule has 0 bridgehead atoms. The maximum absolute atomic E-state index is 11.0. The minimum atomic E-state index is -4.43. The normalized spacial score (nSPS) is 11.1. The molecule has 6 heteroatoms. The van der Waals surface area contributed by atoms with Crippen LogP contribution in [0.2, 0.25) is 0 Å². The zero-order valence-corrected chi connectivity index (χ0v) is 21.3. The molecule has 0 saturated carbocycles. The smallest absolute Gasteiger partial charge is 0.744 e. The second-order valence-electron chi connectivity index (χ2n) is 7.60. The largest absolute Gasteiger partial charge is 1.00 e. The number of rotatable bonds is 14. The number of benzene rings is 2. The molecule has 0 aliphatic rings. The summed E-state index contributed by atoms with van der Waals surface area (Å²) in [4.78, 5) is -0.253. The molecule has 4 nitrogen and oxygen atoms in total. The van der Waals surface area contributed by atoms with Crippen molar-refractivity contribution in [3.8, 4) is 11.5 Å². The van der Waals surface area contributed by atoms with Gasteiger partial charge in [-0.25, -0.2) is 8.42 Å². The van der Waals surface area contributed by atoms with Crippen LogP contribution in [0.3, 0.4) is 0 Å². The Morgan fingerprint density at radius 3 is 1.60 bits per heavy atom. The first-order valence-corrected chi connectivity index (χ1v) is 12.2. The van der Waals surface area contributed by atoms with Crippen molar-refractivity contribution < 1.29 is 47.3 Å². The molecule has 0 spiro atoms. The van der Waals surface area contributed by atoms with Crippen molar-refractivity contribution >= 4 is 10.1 Å². The third kappa shape index (κ3) is 11.0. The summed E-state index contributed by atoms with van der Waals surface area (Å²) in [6, 6.07) is 13.5. The average molecular weight is 441 g/mol. The first-order chi connectivity index (χ1) is 14.0. The zero-order valence-electron chi connectivity index (χ0n) is 18.4. The van der Waals surface area contributed by atoms with Crippen LogP contribution in [0, 0.1) is 0 Å². The maximum atomic E-state index is 11.0. The fourth-order valence-corrected chi connectivity index (χ4v) is 3.82. The van der Waals surface area contributed by atoms with Crippen LogP contribution < -0.4 is 34.3 Å². The van der Waals surface area contributed by atoms with E-state index in [1.54, 1.807) is 0 Å². The van der Waals surface area contributed by atoms with E-state index in [0.717, 1.165) is 6.42 Å². The van der Waals surface area contributed by atoms with E-state index >= 15 is 0 Å². The van der Waals surface area contributed by atoms with Gasteiger partial charge in [-0.15, -0.1) is 0 Å². The average Bonchev–Trinajstić information content (AvgIpc) is 2.70. The third-order valence-electron chi connectivity index (χ3n) is 5.09. The van der Waals surface area contributed by atoms with Crippen LogP contribution in [0.15, 0.2) is 53.4 Å². The van der Waals surface area contributed by atoms with Crippen LogP contribution in [0.4, 0.5) is 0 Å². The molecule has 2 aromatic carbocycles. The van der Waals surface area contributed by atoms with E-state index in [-0.39, 0.29) is 34.5 Å². The van der Waals surface area contributed by atoms with Gasteiger partial charge >= 0.3 is 29.6 Å². The van der Waals surface area contributed by atoms with Crippen molar-refractivity contribution in [1.82, 2.24) is 0 Å². The summed E-state index contributed by atoms with van der Waals surface area (Å²) >= 11 is 0. The topological polar surface area (TPSA) is 66.4 Å². The SMILES string of the molecule is CCCCCCCCCCCCc1ccc(Oc2ccc(S(=O)(=O)[O-])cc2)cc1.[Na+]. The van der Waals surface area contributed by atoms with E-state index in [0.29, 0.717) is 11.5 Å². The minimum absolute atomic E-state index is 0. The Morgan fingerprint density at radius 1 is 0.700 bits per heavy atom. The van der Waals surface area contributed by atoms with Gasteiger partial charge in [-0.1, -0.05) is 76.8 Å². The van der Waals surface area contributed by atoms with Gasteiger partial charge in [0.2, 0.25) is 0 Å². The number of unbranched alkanes of at least 4 members (excludes halogenated alkanes) is 9. The Labute approximate surface area is 204 Å². The summed E-state index contributed by atoms with van der Waals surface area (Å²) < 4.78 is 38.6. The maximum Gasteiger partial charge on any atom is 1.00 e. The van der Waals surface area contributed by atoms with Gasteiger partial charge in [-0.05, 0) is 54.8 Å². The molecule has 160 valence electrons. The van der Waals surface area contributed by atoms with E-state index in [9.17, 15) is 13.0 Å². The Balaban J connectivity index is 0.00000450. The van der Waals surface area contributed by atoms with Gasteiger partial charge in [0, 0.05) is 0 Å². The van der Waals surface area contributed by atoms with Crippen molar-refractivity contribution in [1.29, 1.82) is 0 Å². The standard InChI is InChI=1S/C24H34O4S.Na/c1-2-3-4-5-6-7-8-9-10-11-12-21-13-15-22(16-14-21)28-23-17-19-24(20-18-23)29(25,26)27;/h13-20H,2-12H2,1H3,(H,25,26,27);/q;+1/p-1. The Hall–Kier alpha value is -0.850. The van der Waals surface area contributed by atoms with Crippen molar-refractivity contribution in [3.05, 3.63) is 54.1 Å². The summed E-state index contributed by atoms with van der Waals surface area (Å²) in [5.74, 6) is 1.19. The zero-order chi connectivity index (χ0) is 21.0. The van der Waals surface area contributed by atoms with E-state index in [1.165, 1.54) is 94.0 Å². The Morgan fingerprint density at radius 2 is 1.13 bits per heavy atom. The molecule has 0 amide bonds. The quantitative estimate of drug-likeness (QED) is 0.254. The van der Waals surface area contributed by atoms with Gasteiger partial charge in [0.05, 0.1) is 4.90 Å². The summed E-state index contributed by atoms with van der Waals surface area (Å²) in [5, 5.41) is 0. The van der Waals surface area contributed by atoms with Crippen molar-refractivity contribution in [2.75, 3.05) is 0 Å². The minimum Gasteiger partial charge on any atom is -0.744 e. The number of hydrogen-bond donors (Lipinski definition) is 0. The van der Waals surface area contributed by atoms with Crippen LogP contribution in [-0.2, 0) is 16.5 Å². The number of ether oxygens (including phenoxy) is 1. The molecule has 0 radical (unpaired) electrons. The second kappa shape index (κ2) is 15.0. The van der Waals surface area contributed by atoms with E-state index in [2.05, 4.69) is 19.1 Å². The van der Waals surface area contributed by atoms with Gasteiger partial charge in [0.1, 0.15) is 21.6 Å². The van der Waals surface area contributed by atoms with E-state index in [1.807, 2.05) is 12.1 Å². The molecule has 0 saturated heterocycles. The second-order valence-corrected chi connectivity index (χ2v) is 8.98. The first kappa shape index (κ1) is 27.2. The number of hydrogen-bond acceptors (Lipinski definition) is 4. The fraction of sp³-hybridized carbons (Fsp3) is 0.500. The molecule has 0 unspecified atom stereocenters. The molecule has 30 heavy (non-hydrogen) atoms. The summed E-state index contributed by atoms with van der Waals surface area (Å²) in [6.07, 6.45) is 14.5. The van der Waals surface area contributed by atoms with Crippen LogP contribution in [0.25, 0.3) is 0 Å². The molecule has 0 aromatic heterocycles. The van der Waals surface area contributed by atoms with E-state index < -0.39 is 10.1 Å². The fourth-order valence-electron chi connectivity index (χ4n) is 3.35.